The molecule has 0 bridgehead atoms. The summed E-state index contributed by atoms with van der Waals surface area (Å²) >= 11 is 0. The normalized spacial score (nSPS) is 27.6. The maximum Gasteiger partial charge on any atom is 0.0891 e. The van der Waals surface area contributed by atoms with Crippen LogP contribution in [0.25, 0.3) is 0 Å². The van der Waals surface area contributed by atoms with E-state index in [4.69, 9.17) is 0 Å². The number of rotatable bonds is 3. The maximum atomic E-state index is 14.9. The molecule has 0 aromatic carbocycles. The molecule has 0 spiro atoms. The summed E-state index contributed by atoms with van der Waals surface area (Å²) in [5.74, 6) is 0. The molecule has 3 rings (SSSR count). The fourth-order valence-electron chi connectivity index (χ4n) is 6.41. The van der Waals surface area contributed by atoms with Crippen molar-refractivity contribution in [1.82, 2.24) is 0 Å². The molecule has 0 aromatic heterocycles. The molecule has 3 saturated carbocycles. The lowest BCUT2D eigenvalue weighted by atomic mass is 9.85. The Morgan fingerprint density at radius 3 is 0.769 bits per heavy atom. The van der Waals surface area contributed by atoms with E-state index >= 15 is 0 Å². The number of hydrogen-bond acceptors (Lipinski definition) is 1. The quantitative estimate of drug-likeness (QED) is 0.373. The van der Waals surface area contributed by atoms with Gasteiger partial charge in [-0.1, -0.05) is 57.8 Å². The first-order chi connectivity index (χ1) is 12.8. The summed E-state index contributed by atoms with van der Waals surface area (Å²) in [5.41, 5.74) is 0. The SMILES string of the molecule is [O-][N+](C1CCCCCCC1)(C1CCCCCCC1)C1CCCCCCC1. The van der Waals surface area contributed by atoms with Crippen molar-refractivity contribution in [3.05, 3.63) is 5.21 Å². The highest BCUT2D eigenvalue weighted by Crippen LogP contribution is 2.40. The third-order valence-corrected chi connectivity index (χ3v) is 7.94. The zero-order chi connectivity index (χ0) is 18.1. The fourth-order valence-corrected chi connectivity index (χ4v) is 6.41. The Kier molecular flexibility index (Phi) is 8.78. The molecule has 26 heavy (non-hydrogen) atoms. The Balaban J connectivity index is 1.81. The topological polar surface area (TPSA) is 23.1 Å². The molecule has 0 unspecified atom stereocenters. The van der Waals surface area contributed by atoms with Crippen molar-refractivity contribution in [2.75, 3.05) is 0 Å². The van der Waals surface area contributed by atoms with Crippen molar-refractivity contribution in [2.24, 2.45) is 0 Å². The van der Waals surface area contributed by atoms with Gasteiger partial charge in [-0.05, 0) is 77.0 Å². The van der Waals surface area contributed by atoms with Gasteiger partial charge in [-0.3, -0.25) is 0 Å². The summed E-state index contributed by atoms with van der Waals surface area (Å²) in [6.07, 6.45) is 27.6. The zero-order valence-corrected chi connectivity index (χ0v) is 17.4. The lowest BCUT2D eigenvalue weighted by Gasteiger charge is -2.60. The van der Waals surface area contributed by atoms with Crippen LogP contribution in [0.1, 0.15) is 135 Å². The van der Waals surface area contributed by atoms with Gasteiger partial charge in [0.2, 0.25) is 0 Å². The van der Waals surface area contributed by atoms with Gasteiger partial charge < -0.3 is 9.85 Å². The highest BCUT2D eigenvalue weighted by Gasteiger charge is 2.42. The van der Waals surface area contributed by atoms with Crippen molar-refractivity contribution >= 4 is 0 Å². The number of nitrogens with zero attached hydrogens (tertiary/aromatic N) is 1. The zero-order valence-electron chi connectivity index (χ0n) is 17.4. The van der Waals surface area contributed by atoms with Gasteiger partial charge in [0.15, 0.2) is 0 Å². The van der Waals surface area contributed by atoms with Crippen LogP contribution in [0.2, 0.25) is 0 Å². The summed E-state index contributed by atoms with van der Waals surface area (Å²) < 4.78 is 0.250. The summed E-state index contributed by atoms with van der Waals surface area (Å²) in [4.78, 5) is 0. The predicted molar refractivity (Wildman–Crippen MR) is 112 cm³/mol. The number of hydroxylamine groups is 3. The molecule has 2 nitrogen and oxygen atoms in total. The Morgan fingerprint density at radius 1 is 0.346 bits per heavy atom. The summed E-state index contributed by atoms with van der Waals surface area (Å²) in [7, 11) is 0. The number of quaternary nitrogens is 1. The van der Waals surface area contributed by atoms with E-state index < -0.39 is 0 Å². The van der Waals surface area contributed by atoms with Crippen LogP contribution in [0.4, 0.5) is 0 Å². The maximum absolute atomic E-state index is 14.9. The van der Waals surface area contributed by atoms with Crippen LogP contribution in [0, 0.1) is 5.21 Å². The molecule has 3 fully saturated rings. The Labute approximate surface area is 163 Å². The minimum atomic E-state index is 0.250. The van der Waals surface area contributed by atoms with E-state index in [1.165, 1.54) is 135 Å². The number of hydrogen-bond donors (Lipinski definition) is 0. The highest BCUT2D eigenvalue weighted by molar-refractivity contribution is 4.78. The molecular weight excluding hydrogens is 318 g/mol. The second-order valence-electron chi connectivity index (χ2n) is 9.76. The fraction of sp³-hybridized carbons (Fsp3) is 1.00. The second kappa shape index (κ2) is 11.1. The molecule has 3 aliphatic rings. The third-order valence-electron chi connectivity index (χ3n) is 7.94. The molecule has 2 heteroatoms. The van der Waals surface area contributed by atoms with Crippen LogP contribution in [-0.2, 0) is 0 Å². The molecule has 0 heterocycles. The van der Waals surface area contributed by atoms with Crippen molar-refractivity contribution in [3.8, 4) is 0 Å². The van der Waals surface area contributed by atoms with Crippen LogP contribution in [0.15, 0.2) is 0 Å². The molecule has 3 aliphatic carbocycles. The molecule has 152 valence electrons. The van der Waals surface area contributed by atoms with Crippen molar-refractivity contribution in [1.29, 1.82) is 0 Å². The van der Waals surface area contributed by atoms with E-state index in [1.54, 1.807) is 0 Å². The van der Waals surface area contributed by atoms with Gasteiger partial charge in [-0.15, -0.1) is 0 Å². The van der Waals surface area contributed by atoms with Gasteiger partial charge in [-0.2, -0.15) is 0 Å². The van der Waals surface area contributed by atoms with E-state index in [-0.39, 0.29) is 4.65 Å². The largest absolute Gasteiger partial charge is 0.632 e. The van der Waals surface area contributed by atoms with E-state index in [9.17, 15) is 5.21 Å². The van der Waals surface area contributed by atoms with Gasteiger partial charge in [-0.25, -0.2) is 0 Å². The van der Waals surface area contributed by atoms with Crippen molar-refractivity contribution in [3.63, 3.8) is 0 Å². The Bertz CT molecular complexity index is 303. The predicted octanol–water partition coefficient (Wildman–Crippen LogP) is 7.64. The van der Waals surface area contributed by atoms with E-state index in [2.05, 4.69) is 0 Å². The van der Waals surface area contributed by atoms with Crippen LogP contribution in [0.3, 0.4) is 0 Å². The lowest BCUT2D eigenvalue weighted by Crippen LogP contribution is -2.63. The van der Waals surface area contributed by atoms with Crippen LogP contribution in [0.5, 0.6) is 0 Å². The van der Waals surface area contributed by atoms with Gasteiger partial charge in [0.25, 0.3) is 0 Å². The first kappa shape index (κ1) is 20.6. The third kappa shape index (κ3) is 5.47. The van der Waals surface area contributed by atoms with Crippen molar-refractivity contribution in [2.45, 2.75) is 153 Å². The Hall–Kier alpha value is -0.0800. The molecule has 0 atom stereocenters. The molecule has 0 saturated heterocycles. The average Bonchev–Trinajstić information content (AvgIpc) is 2.53. The second-order valence-corrected chi connectivity index (χ2v) is 9.76. The first-order valence-electron chi connectivity index (χ1n) is 12.4. The molecule has 0 N–H and O–H groups in total. The smallest absolute Gasteiger partial charge is 0.0891 e. The summed E-state index contributed by atoms with van der Waals surface area (Å²) in [6, 6.07) is 1.26. The van der Waals surface area contributed by atoms with Gasteiger partial charge in [0.05, 0.1) is 18.1 Å². The Morgan fingerprint density at radius 2 is 0.538 bits per heavy atom. The molecule has 0 radical (unpaired) electrons. The minimum Gasteiger partial charge on any atom is -0.632 e. The highest BCUT2D eigenvalue weighted by atomic mass is 16.6. The van der Waals surface area contributed by atoms with Crippen molar-refractivity contribution < 1.29 is 4.65 Å². The summed E-state index contributed by atoms with van der Waals surface area (Å²) in [6.45, 7) is 0. The molecule has 0 aromatic rings. The molecule has 0 aliphatic heterocycles. The molecule has 0 amide bonds. The van der Waals surface area contributed by atoms with E-state index in [0.29, 0.717) is 18.1 Å². The van der Waals surface area contributed by atoms with E-state index in [1.807, 2.05) is 0 Å². The lowest BCUT2D eigenvalue weighted by molar-refractivity contribution is -0.954. The summed E-state index contributed by atoms with van der Waals surface area (Å²) in [5, 5.41) is 14.9. The standard InChI is InChI=1S/C24H45NO/c26-25(22-16-10-4-1-5-11-17-22,23-18-12-6-2-7-13-19-23)24-20-14-8-3-9-15-21-24/h22-24H,1-21H2. The van der Waals surface area contributed by atoms with E-state index in [0.717, 1.165) is 0 Å². The first-order valence-corrected chi connectivity index (χ1v) is 12.4. The van der Waals surface area contributed by atoms with Gasteiger partial charge in [0.1, 0.15) is 0 Å². The van der Waals surface area contributed by atoms with Gasteiger partial charge >= 0.3 is 0 Å². The molecular formula is C24H45NO. The van der Waals surface area contributed by atoms with Gasteiger partial charge in [0, 0.05) is 0 Å². The van der Waals surface area contributed by atoms with Crippen LogP contribution < -0.4 is 0 Å². The van der Waals surface area contributed by atoms with Crippen LogP contribution in [-0.4, -0.2) is 22.8 Å². The average molecular weight is 364 g/mol. The minimum absolute atomic E-state index is 0.250. The monoisotopic (exact) mass is 363 g/mol. The van der Waals surface area contributed by atoms with Crippen LogP contribution >= 0.6 is 0 Å².